The predicted octanol–water partition coefficient (Wildman–Crippen LogP) is 2.89. The van der Waals surface area contributed by atoms with Gasteiger partial charge in [0, 0.05) is 24.4 Å². The van der Waals surface area contributed by atoms with Gasteiger partial charge in [-0.3, -0.25) is 9.59 Å². The monoisotopic (exact) mass is 301 g/mol. The third kappa shape index (κ3) is 2.87. The Hall–Kier alpha value is -1.84. The van der Waals surface area contributed by atoms with Crippen LogP contribution in [-0.2, 0) is 9.59 Å². The second-order valence-electron chi connectivity index (χ2n) is 6.73. The highest BCUT2D eigenvalue weighted by Gasteiger charge is 2.40. The standard InChI is InChI=1S/C18H23NO3/c1-12-9-16(13-5-3-2-4-6-13)11-19(12)17(20)14-7-8-15(10-14)18(21)22/h2-6,12,14-16H,7-11H2,1H3,(H,21,22)/t12?,14-,15+,16?/m1/s1. The molecule has 1 saturated carbocycles. The van der Waals surface area contributed by atoms with Gasteiger partial charge < -0.3 is 10.0 Å². The molecule has 1 N–H and O–H groups in total. The Bertz CT molecular complexity index is 557. The van der Waals surface area contributed by atoms with Crippen molar-refractivity contribution in [3.63, 3.8) is 0 Å². The van der Waals surface area contributed by atoms with Gasteiger partial charge in [-0.25, -0.2) is 0 Å². The number of nitrogens with zero attached hydrogens (tertiary/aromatic N) is 1. The van der Waals surface area contributed by atoms with Crippen molar-refractivity contribution >= 4 is 11.9 Å². The molecule has 1 aromatic carbocycles. The molecule has 1 amide bonds. The molecule has 1 aliphatic heterocycles. The Kier molecular flexibility index (Phi) is 4.19. The molecule has 1 aromatic rings. The highest BCUT2D eigenvalue weighted by Crippen LogP contribution is 2.37. The fourth-order valence-corrected chi connectivity index (χ4v) is 3.97. The van der Waals surface area contributed by atoms with Crippen LogP contribution in [0.3, 0.4) is 0 Å². The second-order valence-corrected chi connectivity index (χ2v) is 6.73. The minimum Gasteiger partial charge on any atom is -0.481 e. The van der Waals surface area contributed by atoms with Crippen LogP contribution in [0.2, 0.25) is 0 Å². The molecular formula is C18H23NO3. The fourth-order valence-electron chi connectivity index (χ4n) is 3.97. The average Bonchev–Trinajstić information content (AvgIpc) is 3.14. The van der Waals surface area contributed by atoms with E-state index in [0.717, 1.165) is 19.4 Å². The van der Waals surface area contributed by atoms with Gasteiger partial charge in [-0.15, -0.1) is 0 Å². The molecule has 0 bridgehead atoms. The second kappa shape index (κ2) is 6.11. The van der Waals surface area contributed by atoms with Gasteiger partial charge in [0.2, 0.25) is 5.91 Å². The number of amides is 1. The lowest BCUT2D eigenvalue weighted by molar-refractivity contribution is -0.141. The summed E-state index contributed by atoms with van der Waals surface area (Å²) in [7, 11) is 0. The van der Waals surface area contributed by atoms with E-state index in [1.54, 1.807) is 0 Å². The van der Waals surface area contributed by atoms with Crippen molar-refractivity contribution in [1.29, 1.82) is 0 Å². The highest BCUT2D eigenvalue weighted by atomic mass is 16.4. The van der Waals surface area contributed by atoms with Gasteiger partial charge in [0.05, 0.1) is 5.92 Å². The molecule has 3 rings (SSSR count). The first-order valence-corrected chi connectivity index (χ1v) is 8.14. The first kappa shape index (κ1) is 15.1. The van der Waals surface area contributed by atoms with Crippen molar-refractivity contribution in [3.05, 3.63) is 35.9 Å². The SMILES string of the molecule is CC1CC(c2ccccc2)CN1C(=O)[C@@H]1CC[C@H](C(=O)O)C1. The van der Waals surface area contributed by atoms with E-state index in [4.69, 9.17) is 5.11 Å². The summed E-state index contributed by atoms with van der Waals surface area (Å²) in [5.74, 6) is -0.631. The lowest BCUT2D eigenvalue weighted by atomic mass is 9.97. The molecule has 2 unspecified atom stereocenters. The minimum absolute atomic E-state index is 0.0990. The van der Waals surface area contributed by atoms with E-state index in [1.165, 1.54) is 5.56 Å². The van der Waals surface area contributed by atoms with E-state index in [2.05, 4.69) is 19.1 Å². The molecule has 118 valence electrons. The third-order valence-corrected chi connectivity index (χ3v) is 5.26. The summed E-state index contributed by atoms with van der Waals surface area (Å²) in [6.07, 6.45) is 2.85. The molecule has 4 atom stereocenters. The van der Waals surface area contributed by atoms with Crippen LogP contribution in [0.1, 0.15) is 44.1 Å². The predicted molar refractivity (Wildman–Crippen MR) is 83.4 cm³/mol. The normalized spacial score (nSPS) is 31.4. The Labute approximate surface area is 131 Å². The van der Waals surface area contributed by atoms with Crippen LogP contribution < -0.4 is 0 Å². The maximum Gasteiger partial charge on any atom is 0.306 e. The van der Waals surface area contributed by atoms with Gasteiger partial charge in [-0.05, 0) is 38.2 Å². The van der Waals surface area contributed by atoms with Crippen LogP contribution in [0.5, 0.6) is 0 Å². The maximum atomic E-state index is 12.7. The summed E-state index contributed by atoms with van der Waals surface area (Å²) in [6.45, 7) is 2.86. The molecule has 1 saturated heterocycles. The molecule has 0 spiro atoms. The number of rotatable bonds is 3. The number of carbonyl (C=O) groups is 2. The molecular weight excluding hydrogens is 278 g/mol. The van der Waals surface area contributed by atoms with Crippen LogP contribution in [0.4, 0.5) is 0 Å². The van der Waals surface area contributed by atoms with E-state index < -0.39 is 5.97 Å². The van der Waals surface area contributed by atoms with Crippen molar-refractivity contribution in [1.82, 2.24) is 4.90 Å². The molecule has 0 aromatic heterocycles. The molecule has 4 heteroatoms. The number of benzene rings is 1. The van der Waals surface area contributed by atoms with Crippen molar-refractivity contribution in [2.75, 3.05) is 6.54 Å². The average molecular weight is 301 g/mol. The summed E-state index contributed by atoms with van der Waals surface area (Å²) in [6, 6.07) is 10.6. The van der Waals surface area contributed by atoms with Gasteiger partial charge in [0.25, 0.3) is 0 Å². The van der Waals surface area contributed by atoms with Gasteiger partial charge in [0.1, 0.15) is 0 Å². The molecule has 1 aliphatic carbocycles. The van der Waals surface area contributed by atoms with Crippen molar-refractivity contribution in [2.24, 2.45) is 11.8 Å². The molecule has 0 radical (unpaired) electrons. The van der Waals surface area contributed by atoms with Crippen molar-refractivity contribution < 1.29 is 14.7 Å². The number of hydrogen-bond donors (Lipinski definition) is 1. The van der Waals surface area contributed by atoms with Crippen LogP contribution in [-0.4, -0.2) is 34.5 Å². The Morgan fingerprint density at radius 3 is 2.41 bits per heavy atom. The zero-order valence-electron chi connectivity index (χ0n) is 12.9. The molecule has 2 aliphatic rings. The molecule has 2 fully saturated rings. The first-order valence-electron chi connectivity index (χ1n) is 8.14. The largest absolute Gasteiger partial charge is 0.481 e. The Morgan fingerprint density at radius 1 is 1.09 bits per heavy atom. The molecule has 22 heavy (non-hydrogen) atoms. The fraction of sp³-hybridized carbons (Fsp3) is 0.556. The van der Waals surface area contributed by atoms with Gasteiger partial charge >= 0.3 is 5.97 Å². The van der Waals surface area contributed by atoms with Crippen LogP contribution >= 0.6 is 0 Å². The van der Waals surface area contributed by atoms with Crippen LogP contribution in [0.15, 0.2) is 30.3 Å². The summed E-state index contributed by atoms with van der Waals surface area (Å²) in [5, 5.41) is 9.10. The van der Waals surface area contributed by atoms with E-state index >= 15 is 0 Å². The lowest BCUT2D eigenvalue weighted by Crippen LogP contribution is -2.38. The summed E-state index contributed by atoms with van der Waals surface area (Å²) in [4.78, 5) is 25.8. The maximum absolute atomic E-state index is 12.7. The zero-order valence-corrected chi connectivity index (χ0v) is 12.9. The van der Waals surface area contributed by atoms with Gasteiger partial charge in [0.15, 0.2) is 0 Å². The number of carboxylic acids is 1. The third-order valence-electron chi connectivity index (χ3n) is 5.26. The van der Waals surface area contributed by atoms with Crippen LogP contribution in [0, 0.1) is 11.8 Å². The van der Waals surface area contributed by atoms with E-state index in [1.807, 2.05) is 23.1 Å². The smallest absolute Gasteiger partial charge is 0.306 e. The number of carbonyl (C=O) groups excluding carboxylic acids is 1. The van der Waals surface area contributed by atoms with Crippen molar-refractivity contribution in [3.8, 4) is 0 Å². The highest BCUT2D eigenvalue weighted by molar-refractivity contribution is 5.81. The van der Waals surface area contributed by atoms with Crippen LogP contribution in [0.25, 0.3) is 0 Å². The Morgan fingerprint density at radius 2 is 1.77 bits per heavy atom. The Balaban J connectivity index is 1.65. The van der Waals surface area contributed by atoms with E-state index in [0.29, 0.717) is 18.8 Å². The number of hydrogen-bond acceptors (Lipinski definition) is 2. The lowest BCUT2D eigenvalue weighted by Gasteiger charge is -2.25. The topological polar surface area (TPSA) is 57.6 Å². The summed E-state index contributed by atoms with van der Waals surface area (Å²) in [5.41, 5.74) is 1.29. The van der Waals surface area contributed by atoms with E-state index in [-0.39, 0.29) is 23.8 Å². The summed E-state index contributed by atoms with van der Waals surface area (Å²) >= 11 is 0. The minimum atomic E-state index is -0.757. The first-order chi connectivity index (χ1) is 10.6. The van der Waals surface area contributed by atoms with Gasteiger partial charge in [-0.1, -0.05) is 30.3 Å². The summed E-state index contributed by atoms with van der Waals surface area (Å²) < 4.78 is 0. The zero-order chi connectivity index (χ0) is 15.7. The molecule has 1 heterocycles. The quantitative estimate of drug-likeness (QED) is 0.934. The molecule has 4 nitrogen and oxygen atoms in total. The number of likely N-dealkylation sites (tertiary alicyclic amines) is 1. The van der Waals surface area contributed by atoms with Gasteiger partial charge in [-0.2, -0.15) is 0 Å². The number of aliphatic carboxylic acids is 1. The number of carboxylic acid groups (broad SMARTS) is 1. The van der Waals surface area contributed by atoms with E-state index in [9.17, 15) is 9.59 Å². The van der Waals surface area contributed by atoms with Crippen molar-refractivity contribution in [2.45, 2.75) is 44.6 Å².